The van der Waals surface area contributed by atoms with Gasteiger partial charge in [0.15, 0.2) is 0 Å². The van der Waals surface area contributed by atoms with E-state index in [0.717, 1.165) is 89.6 Å². The second-order valence-electron chi connectivity index (χ2n) is 18.2. The molecule has 0 radical (unpaired) electrons. The summed E-state index contributed by atoms with van der Waals surface area (Å²) in [6.45, 7) is 39.5. The van der Waals surface area contributed by atoms with E-state index >= 15 is 0 Å². The van der Waals surface area contributed by atoms with Crippen molar-refractivity contribution in [2.75, 3.05) is 65.4 Å². The van der Waals surface area contributed by atoms with Crippen LogP contribution < -0.4 is 0 Å². The fraction of sp³-hybridized carbons (Fsp3) is 0.946. The highest BCUT2D eigenvalue weighted by Crippen LogP contribution is 2.35. The van der Waals surface area contributed by atoms with Crippen molar-refractivity contribution in [3.05, 3.63) is 11.6 Å². The highest BCUT2D eigenvalue weighted by Gasteiger charge is 2.32. The summed E-state index contributed by atoms with van der Waals surface area (Å²) >= 11 is 0. The molecule has 0 amide bonds. The molecule has 0 N–H and O–H groups in total. The number of hydrogen-bond donors (Lipinski definition) is 0. The summed E-state index contributed by atoms with van der Waals surface area (Å²) in [5, 5.41) is 8.29. The number of fused-ring (bicyclic) bond motifs is 1. The van der Waals surface area contributed by atoms with Crippen LogP contribution in [-0.2, 0) is 32.6 Å². The van der Waals surface area contributed by atoms with Crippen LogP contribution in [0.4, 0.5) is 0 Å². The Morgan fingerprint density at radius 1 is 0.604 bits per heavy atom. The van der Waals surface area contributed by atoms with Crippen molar-refractivity contribution >= 4 is 10.0 Å². The molecule has 0 aromatic carbocycles. The lowest BCUT2D eigenvalue weighted by Crippen LogP contribution is -2.47. The molecule has 4 aliphatic rings. The number of nitrogens with zero attached hydrogens (tertiary/aromatic N) is 6. The van der Waals surface area contributed by atoms with Gasteiger partial charge in [-0.1, -0.05) is 41.5 Å². The Hall–Kier alpha value is -1.11. The molecule has 3 fully saturated rings. The molecule has 48 heavy (non-hydrogen) atoms. The fourth-order valence-corrected chi connectivity index (χ4v) is 7.60. The molecule has 1 aromatic rings. The van der Waals surface area contributed by atoms with Crippen LogP contribution in [0.2, 0.25) is 0 Å². The normalized spacial score (nSPS) is 21.5. The lowest BCUT2D eigenvalue weighted by molar-refractivity contribution is -0.00389. The molecule has 0 aliphatic carbocycles. The third-order valence-electron chi connectivity index (χ3n) is 10.4. The zero-order valence-corrected chi connectivity index (χ0v) is 34.3. The number of hydrogen-bond acceptors (Lipinski definition) is 8. The second kappa shape index (κ2) is 17.9. The van der Waals surface area contributed by atoms with Gasteiger partial charge in [0.05, 0.1) is 26.0 Å². The molecule has 0 atom stereocenters. The standard InChI is InChI=1S/C10H18N4.C10H21NO2S.C9H18O.C8H17NO/c1-8-11-12-9-7-13(10(2,3)4)5-6-14(8)9;1-10(2,3)9-5-7-11(8-6-9)14(4,12)13;1-9(2,3)8-4-6-10-7-5-8;1-8(2,3)9-4-6-10-7-5-9/h5-7H2,1-4H3;9H,5-8H2,1-4H3;8H,4-7H2,1-3H3;4-7H2,1-3H3. The Labute approximate surface area is 295 Å². The van der Waals surface area contributed by atoms with E-state index in [1.54, 1.807) is 4.31 Å². The van der Waals surface area contributed by atoms with Crippen molar-refractivity contribution in [1.82, 2.24) is 28.9 Å². The monoisotopic (exact) mass is 699 g/mol. The number of sulfonamides is 1. The molecular weight excluding hydrogens is 625 g/mol. The minimum atomic E-state index is -2.96. The van der Waals surface area contributed by atoms with Crippen LogP contribution in [0.1, 0.15) is 120 Å². The molecule has 4 aliphatic heterocycles. The van der Waals surface area contributed by atoms with Gasteiger partial charge in [-0.15, -0.1) is 10.2 Å². The average Bonchev–Trinajstić information content (AvgIpc) is 3.37. The third kappa shape index (κ3) is 14.6. The molecule has 3 saturated heterocycles. The Bertz CT molecular complexity index is 1140. The Balaban J connectivity index is 0.000000225. The molecule has 1 aromatic heterocycles. The summed E-state index contributed by atoms with van der Waals surface area (Å²) in [5.41, 5.74) is 1.35. The molecule has 0 bridgehead atoms. The number of rotatable bonds is 1. The van der Waals surface area contributed by atoms with Gasteiger partial charge in [-0.3, -0.25) is 9.80 Å². The fourth-order valence-electron chi connectivity index (χ4n) is 6.73. The van der Waals surface area contributed by atoms with Crippen LogP contribution in [0.15, 0.2) is 0 Å². The number of ether oxygens (including phenoxy) is 2. The molecule has 10 nitrogen and oxygen atoms in total. The molecule has 282 valence electrons. The van der Waals surface area contributed by atoms with Gasteiger partial charge in [-0.25, -0.2) is 12.7 Å². The molecule has 5 heterocycles. The zero-order chi connectivity index (χ0) is 36.6. The molecule has 11 heteroatoms. The van der Waals surface area contributed by atoms with E-state index in [2.05, 4.69) is 108 Å². The first kappa shape index (κ1) is 43.1. The third-order valence-corrected chi connectivity index (χ3v) is 11.7. The summed E-state index contributed by atoms with van der Waals surface area (Å²) in [5.74, 6) is 3.67. The van der Waals surface area contributed by atoms with E-state index in [0.29, 0.717) is 35.4 Å². The van der Waals surface area contributed by atoms with Gasteiger partial charge >= 0.3 is 0 Å². The van der Waals surface area contributed by atoms with Crippen LogP contribution in [0.3, 0.4) is 0 Å². The summed E-state index contributed by atoms with van der Waals surface area (Å²) in [4.78, 5) is 4.90. The summed E-state index contributed by atoms with van der Waals surface area (Å²) < 4.78 is 36.9. The van der Waals surface area contributed by atoms with Gasteiger partial charge in [0.1, 0.15) is 11.6 Å². The van der Waals surface area contributed by atoms with Crippen LogP contribution in [-0.4, -0.2) is 114 Å². The highest BCUT2D eigenvalue weighted by atomic mass is 32.2. The quantitative estimate of drug-likeness (QED) is 0.329. The van der Waals surface area contributed by atoms with Gasteiger partial charge in [0, 0.05) is 63.6 Å². The van der Waals surface area contributed by atoms with E-state index in [-0.39, 0.29) is 5.54 Å². The Morgan fingerprint density at radius 3 is 1.46 bits per heavy atom. The lowest BCUT2D eigenvalue weighted by atomic mass is 9.76. The number of aromatic nitrogens is 3. The minimum Gasteiger partial charge on any atom is -0.381 e. The predicted octanol–water partition coefficient (Wildman–Crippen LogP) is 6.48. The van der Waals surface area contributed by atoms with Crippen molar-refractivity contribution < 1.29 is 17.9 Å². The van der Waals surface area contributed by atoms with E-state index in [1.807, 2.05) is 6.92 Å². The maximum atomic E-state index is 11.3. The first-order valence-electron chi connectivity index (χ1n) is 18.4. The molecule has 0 saturated carbocycles. The minimum absolute atomic E-state index is 0.227. The van der Waals surface area contributed by atoms with Crippen LogP contribution in [0, 0.1) is 29.6 Å². The van der Waals surface area contributed by atoms with Crippen molar-refractivity contribution in [3.8, 4) is 0 Å². The SMILES string of the molecule is CC(C)(C)C1CCN(S(C)(=O)=O)CC1.CC(C)(C)C1CCOCC1.CC(C)(C)N1CCOCC1.Cc1nnc2n1CCN(C(C)(C)C)C2. The van der Waals surface area contributed by atoms with Crippen LogP contribution >= 0.6 is 0 Å². The van der Waals surface area contributed by atoms with Crippen molar-refractivity contribution in [2.24, 2.45) is 22.7 Å². The molecule has 0 spiro atoms. The summed E-state index contributed by atoms with van der Waals surface area (Å²) in [6.07, 6.45) is 5.80. The largest absolute Gasteiger partial charge is 0.381 e. The highest BCUT2D eigenvalue weighted by molar-refractivity contribution is 7.88. The van der Waals surface area contributed by atoms with Crippen molar-refractivity contribution in [3.63, 3.8) is 0 Å². The smallest absolute Gasteiger partial charge is 0.211 e. The topological polar surface area (TPSA) is 93.0 Å². The zero-order valence-electron chi connectivity index (χ0n) is 33.5. The number of aryl methyl sites for hydroxylation is 1. The molecular formula is C37H74N6O4S. The summed E-state index contributed by atoms with van der Waals surface area (Å²) in [6, 6.07) is 0. The van der Waals surface area contributed by atoms with Crippen molar-refractivity contribution in [1.29, 1.82) is 0 Å². The van der Waals surface area contributed by atoms with Gasteiger partial charge in [-0.2, -0.15) is 0 Å². The molecule has 5 rings (SSSR count). The predicted molar refractivity (Wildman–Crippen MR) is 199 cm³/mol. The molecule has 0 unspecified atom stereocenters. The van der Waals surface area contributed by atoms with Gasteiger partial charge in [0.2, 0.25) is 10.0 Å². The van der Waals surface area contributed by atoms with Gasteiger partial charge in [-0.05, 0) is 96.8 Å². The first-order chi connectivity index (χ1) is 21.9. The maximum Gasteiger partial charge on any atom is 0.211 e. The second-order valence-corrected chi connectivity index (χ2v) is 20.2. The lowest BCUT2D eigenvalue weighted by Gasteiger charge is -2.38. The first-order valence-corrected chi connectivity index (χ1v) is 20.2. The van der Waals surface area contributed by atoms with Crippen LogP contribution in [0.5, 0.6) is 0 Å². The van der Waals surface area contributed by atoms with E-state index in [4.69, 9.17) is 9.47 Å². The van der Waals surface area contributed by atoms with E-state index in [9.17, 15) is 8.42 Å². The van der Waals surface area contributed by atoms with Crippen molar-refractivity contribution in [2.45, 2.75) is 140 Å². The van der Waals surface area contributed by atoms with Crippen LogP contribution in [0.25, 0.3) is 0 Å². The van der Waals surface area contributed by atoms with Gasteiger partial charge in [0.25, 0.3) is 0 Å². The Kier molecular flexibility index (Phi) is 16.0. The van der Waals surface area contributed by atoms with Gasteiger partial charge < -0.3 is 14.0 Å². The number of morpholine rings is 1. The number of piperidine rings is 1. The van der Waals surface area contributed by atoms with E-state index in [1.165, 1.54) is 19.1 Å². The Morgan fingerprint density at radius 2 is 1.06 bits per heavy atom. The average molecular weight is 699 g/mol. The van der Waals surface area contributed by atoms with E-state index < -0.39 is 10.0 Å². The maximum absolute atomic E-state index is 11.3. The summed E-state index contributed by atoms with van der Waals surface area (Å²) in [7, 11) is -2.96.